The van der Waals surface area contributed by atoms with Crippen molar-refractivity contribution in [2.24, 2.45) is 0 Å². The van der Waals surface area contributed by atoms with Crippen molar-refractivity contribution >= 4 is 18.0 Å². The van der Waals surface area contributed by atoms with Crippen LogP contribution in [0.1, 0.15) is 42.9 Å². The minimum absolute atomic E-state index is 0.0859. The van der Waals surface area contributed by atoms with Crippen LogP contribution in [-0.2, 0) is 25.7 Å². The number of nitrogens with zero attached hydrogens (tertiary/aromatic N) is 1. The molecular formula is C31H34N2O6. The summed E-state index contributed by atoms with van der Waals surface area (Å²) < 4.78 is 11.6. The molecule has 0 saturated heterocycles. The summed E-state index contributed by atoms with van der Waals surface area (Å²) in [5, 5.41) is 12.2. The summed E-state index contributed by atoms with van der Waals surface area (Å²) in [6, 6.07) is 23.3. The fourth-order valence-electron chi connectivity index (χ4n) is 5.03. The van der Waals surface area contributed by atoms with E-state index in [1.807, 2.05) is 66.7 Å². The van der Waals surface area contributed by atoms with Crippen LogP contribution >= 0.6 is 0 Å². The topological polar surface area (TPSA) is 105 Å². The normalized spacial score (nSPS) is 14.4. The van der Waals surface area contributed by atoms with Gasteiger partial charge in [0.1, 0.15) is 18.7 Å². The molecule has 0 saturated carbocycles. The van der Waals surface area contributed by atoms with Crippen LogP contribution in [0.3, 0.4) is 0 Å². The van der Waals surface area contributed by atoms with E-state index in [1.165, 1.54) is 7.05 Å². The Morgan fingerprint density at radius 3 is 2.05 bits per heavy atom. The maximum atomic E-state index is 13.4. The van der Waals surface area contributed by atoms with Gasteiger partial charge in [-0.05, 0) is 41.2 Å². The SMILES string of the molecule is CCC(C(=O)O)N(C)C(=O)C(NC(=O)OCC1c2ccccc2-c2ccccc21)C(C)OCc1ccccc1. The summed E-state index contributed by atoms with van der Waals surface area (Å²) in [7, 11) is 1.42. The van der Waals surface area contributed by atoms with Gasteiger partial charge in [-0.3, -0.25) is 4.79 Å². The Balaban J connectivity index is 1.48. The third kappa shape index (κ3) is 6.29. The van der Waals surface area contributed by atoms with E-state index in [4.69, 9.17) is 9.47 Å². The molecule has 1 aliphatic rings. The maximum Gasteiger partial charge on any atom is 0.407 e. The molecule has 204 valence electrons. The smallest absolute Gasteiger partial charge is 0.407 e. The molecule has 4 rings (SSSR count). The van der Waals surface area contributed by atoms with Gasteiger partial charge in [0.05, 0.1) is 12.7 Å². The molecule has 8 nitrogen and oxygen atoms in total. The lowest BCUT2D eigenvalue weighted by atomic mass is 9.98. The van der Waals surface area contributed by atoms with E-state index in [0.717, 1.165) is 32.7 Å². The molecule has 0 spiro atoms. The lowest BCUT2D eigenvalue weighted by molar-refractivity contribution is -0.151. The molecule has 2 N–H and O–H groups in total. The van der Waals surface area contributed by atoms with Gasteiger partial charge in [-0.15, -0.1) is 0 Å². The number of likely N-dealkylation sites (N-methyl/N-ethyl adjacent to an activating group) is 1. The van der Waals surface area contributed by atoms with E-state index < -0.39 is 36.2 Å². The summed E-state index contributed by atoms with van der Waals surface area (Å²) in [6.45, 7) is 3.66. The fraction of sp³-hybridized carbons (Fsp3) is 0.323. The third-order valence-electron chi connectivity index (χ3n) is 7.20. The van der Waals surface area contributed by atoms with Crippen molar-refractivity contribution in [3.8, 4) is 11.1 Å². The first-order valence-electron chi connectivity index (χ1n) is 13.1. The Hall–Kier alpha value is -4.17. The molecule has 8 heteroatoms. The van der Waals surface area contributed by atoms with Crippen molar-refractivity contribution in [1.82, 2.24) is 10.2 Å². The van der Waals surface area contributed by atoms with Gasteiger partial charge < -0.3 is 24.8 Å². The molecule has 3 aromatic carbocycles. The highest BCUT2D eigenvalue weighted by molar-refractivity contribution is 5.89. The molecule has 1 aliphatic carbocycles. The Bertz CT molecular complexity index is 1270. The average molecular weight is 531 g/mol. The standard InChI is InChI=1S/C31H34N2O6/c1-4-27(30(35)36)33(3)29(34)28(20(2)38-18-21-12-6-5-7-13-21)32-31(37)39-19-26-24-16-10-8-14-22(24)23-15-9-11-17-25(23)26/h5-17,20,26-28H,4,18-19H2,1-3H3,(H,32,37)(H,35,36). The largest absolute Gasteiger partial charge is 0.480 e. The van der Waals surface area contributed by atoms with E-state index in [9.17, 15) is 19.5 Å². The van der Waals surface area contributed by atoms with Gasteiger partial charge >= 0.3 is 12.1 Å². The molecule has 3 aromatic rings. The summed E-state index contributed by atoms with van der Waals surface area (Å²) >= 11 is 0. The van der Waals surface area contributed by atoms with E-state index in [1.54, 1.807) is 13.8 Å². The fourth-order valence-corrected chi connectivity index (χ4v) is 5.03. The molecule has 0 aromatic heterocycles. The number of carboxylic acid groups (broad SMARTS) is 1. The molecular weight excluding hydrogens is 496 g/mol. The van der Waals surface area contributed by atoms with E-state index in [-0.39, 0.29) is 25.6 Å². The molecule has 39 heavy (non-hydrogen) atoms. The number of carboxylic acids is 1. The number of hydrogen-bond acceptors (Lipinski definition) is 5. The number of amides is 2. The second-order valence-electron chi connectivity index (χ2n) is 9.66. The Kier molecular flexibility index (Phi) is 8.99. The molecule has 0 bridgehead atoms. The average Bonchev–Trinajstić information content (AvgIpc) is 3.27. The molecule has 0 aliphatic heterocycles. The predicted molar refractivity (Wildman–Crippen MR) is 147 cm³/mol. The molecule has 0 heterocycles. The van der Waals surface area contributed by atoms with Crippen LogP contribution in [0.2, 0.25) is 0 Å². The van der Waals surface area contributed by atoms with Gasteiger partial charge in [-0.1, -0.05) is 85.8 Å². The zero-order chi connectivity index (χ0) is 27.9. The van der Waals surface area contributed by atoms with Crippen LogP contribution in [0.15, 0.2) is 78.9 Å². The van der Waals surface area contributed by atoms with Crippen molar-refractivity contribution in [3.63, 3.8) is 0 Å². The van der Waals surface area contributed by atoms with E-state index >= 15 is 0 Å². The van der Waals surface area contributed by atoms with Crippen LogP contribution in [-0.4, -0.2) is 59.8 Å². The number of nitrogens with one attached hydrogen (secondary N) is 1. The van der Waals surface area contributed by atoms with Crippen molar-refractivity contribution in [1.29, 1.82) is 0 Å². The second kappa shape index (κ2) is 12.6. The highest BCUT2D eigenvalue weighted by Crippen LogP contribution is 2.44. The lowest BCUT2D eigenvalue weighted by Gasteiger charge is -2.31. The molecule has 3 atom stereocenters. The van der Waals surface area contributed by atoms with Crippen molar-refractivity contribution < 1.29 is 29.0 Å². The minimum Gasteiger partial charge on any atom is -0.480 e. The van der Waals surface area contributed by atoms with Crippen LogP contribution < -0.4 is 5.32 Å². The van der Waals surface area contributed by atoms with Gasteiger partial charge in [0, 0.05) is 13.0 Å². The van der Waals surface area contributed by atoms with E-state index in [2.05, 4.69) is 17.4 Å². The number of ether oxygens (including phenoxy) is 2. The first-order valence-corrected chi connectivity index (χ1v) is 13.1. The first kappa shape index (κ1) is 27.9. The lowest BCUT2D eigenvalue weighted by Crippen LogP contribution is -2.56. The number of aliphatic carboxylic acids is 1. The number of carbonyl (C=O) groups excluding carboxylic acids is 2. The highest BCUT2D eigenvalue weighted by atomic mass is 16.5. The number of alkyl carbamates (subject to hydrolysis) is 1. The van der Waals surface area contributed by atoms with E-state index in [0.29, 0.717) is 0 Å². The summed E-state index contributed by atoms with van der Waals surface area (Å²) in [6.07, 6.45) is -1.32. The van der Waals surface area contributed by atoms with Gasteiger partial charge in [-0.25, -0.2) is 9.59 Å². The van der Waals surface area contributed by atoms with Crippen LogP contribution in [0, 0.1) is 0 Å². The van der Waals surface area contributed by atoms with Gasteiger partial charge in [0.2, 0.25) is 5.91 Å². The Morgan fingerprint density at radius 1 is 0.923 bits per heavy atom. The maximum absolute atomic E-state index is 13.4. The third-order valence-corrected chi connectivity index (χ3v) is 7.20. The highest BCUT2D eigenvalue weighted by Gasteiger charge is 2.36. The number of benzene rings is 3. The quantitative estimate of drug-likeness (QED) is 0.368. The molecule has 2 amide bonds. The van der Waals surface area contributed by atoms with Crippen LogP contribution in [0.5, 0.6) is 0 Å². The number of carbonyl (C=O) groups is 3. The number of fused-ring (bicyclic) bond motifs is 3. The summed E-state index contributed by atoms with van der Waals surface area (Å²) in [5.74, 6) is -1.83. The zero-order valence-electron chi connectivity index (χ0n) is 22.4. The molecule has 0 fully saturated rings. The van der Waals surface area contributed by atoms with Crippen molar-refractivity contribution in [3.05, 3.63) is 95.6 Å². The summed E-state index contributed by atoms with van der Waals surface area (Å²) in [4.78, 5) is 39.3. The van der Waals surface area contributed by atoms with Crippen LogP contribution in [0.4, 0.5) is 4.79 Å². The van der Waals surface area contributed by atoms with Gasteiger partial charge in [0.15, 0.2) is 0 Å². The number of hydrogen-bond donors (Lipinski definition) is 2. The molecule has 0 radical (unpaired) electrons. The first-order chi connectivity index (χ1) is 18.8. The zero-order valence-corrected chi connectivity index (χ0v) is 22.4. The van der Waals surface area contributed by atoms with Gasteiger partial charge in [-0.2, -0.15) is 0 Å². The van der Waals surface area contributed by atoms with Crippen LogP contribution in [0.25, 0.3) is 11.1 Å². The monoisotopic (exact) mass is 530 g/mol. The minimum atomic E-state index is -1.15. The number of rotatable bonds is 11. The Morgan fingerprint density at radius 2 is 1.49 bits per heavy atom. The Labute approximate surface area is 228 Å². The molecule has 3 unspecified atom stereocenters. The van der Waals surface area contributed by atoms with Crippen molar-refractivity contribution in [2.75, 3.05) is 13.7 Å². The predicted octanol–water partition coefficient (Wildman–Crippen LogP) is 4.82. The summed E-state index contributed by atoms with van der Waals surface area (Å²) in [5.41, 5.74) is 5.27. The van der Waals surface area contributed by atoms with Crippen molar-refractivity contribution in [2.45, 2.75) is 51.0 Å². The van der Waals surface area contributed by atoms with Gasteiger partial charge in [0.25, 0.3) is 0 Å². The second-order valence-corrected chi connectivity index (χ2v) is 9.66.